The van der Waals surface area contributed by atoms with Gasteiger partial charge < -0.3 is 4.79 Å². The van der Waals surface area contributed by atoms with E-state index in [1.54, 1.807) is 11.8 Å². The van der Waals surface area contributed by atoms with Crippen LogP contribution >= 0.6 is 23.4 Å². The highest BCUT2D eigenvalue weighted by atomic mass is 35.5. The fourth-order valence-electron chi connectivity index (χ4n) is 1.27. The molecule has 0 saturated heterocycles. The molecule has 0 radical (unpaired) electrons. The number of aryl methyl sites for hydroxylation is 1. The number of aldehydes is 1. The topological polar surface area (TPSA) is 17.1 Å². The first-order valence-corrected chi connectivity index (χ1v) is 6.28. The van der Waals surface area contributed by atoms with E-state index in [0.717, 1.165) is 28.2 Å². The molecule has 82 valence electrons. The van der Waals surface area contributed by atoms with Gasteiger partial charge in [0.2, 0.25) is 0 Å². The molecule has 0 amide bonds. The molecule has 1 nitrogen and oxygen atoms in total. The van der Waals surface area contributed by atoms with E-state index < -0.39 is 0 Å². The monoisotopic (exact) mass is 242 g/mol. The highest BCUT2D eigenvalue weighted by Crippen LogP contribution is 2.30. The van der Waals surface area contributed by atoms with Crippen molar-refractivity contribution in [2.45, 2.75) is 36.8 Å². The number of rotatable bonds is 5. The predicted molar refractivity (Wildman–Crippen MR) is 66.8 cm³/mol. The number of halogens is 1. The van der Waals surface area contributed by atoms with Gasteiger partial charge in [-0.15, -0.1) is 11.8 Å². The van der Waals surface area contributed by atoms with Gasteiger partial charge in [-0.3, -0.25) is 0 Å². The SMILES string of the molecule is CC(C)Sc1ccc(CCC=O)cc1Cl. The van der Waals surface area contributed by atoms with Gasteiger partial charge in [-0.25, -0.2) is 0 Å². The quantitative estimate of drug-likeness (QED) is 0.574. The molecule has 0 aromatic heterocycles. The predicted octanol–water partition coefficient (Wildman–Crippen LogP) is 3.97. The van der Waals surface area contributed by atoms with E-state index in [9.17, 15) is 4.79 Å². The van der Waals surface area contributed by atoms with Crippen molar-refractivity contribution in [2.24, 2.45) is 0 Å². The zero-order valence-electron chi connectivity index (χ0n) is 9.00. The molecule has 0 fully saturated rings. The summed E-state index contributed by atoms with van der Waals surface area (Å²) in [5.74, 6) is 0. The number of benzene rings is 1. The molecule has 0 saturated carbocycles. The molecule has 0 bridgehead atoms. The van der Waals surface area contributed by atoms with Gasteiger partial charge in [-0.1, -0.05) is 31.5 Å². The van der Waals surface area contributed by atoms with Crippen LogP contribution in [0.15, 0.2) is 23.1 Å². The molecule has 0 aliphatic carbocycles. The lowest BCUT2D eigenvalue weighted by Crippen LogP contribution is -1.90. The number of carbonyl (C=O) groups is 1. The number of hydrogen-bond donors (Lipinski definition) is 0. The van der Waals surface area contributed by atoms with Crippen molar-refractivity contribution in [1.29, 1.82) is 0 Å². The average Bonchev–Trinajstić information content (AvgIpc) is 2.18. The lowest BCUT2D eigenvalue weighted by atomic mass is 10.1. The van der Waals surface area contributed by atoms with Crippen LogP contribution in [0.5, 0.6) is 0 Å². The van der Waals surface area contributed by atoms with Crippen LogP contribution in [0.25, 0.3) is 0 Å². The molecule has 0 heterocycles. The zero-order valence-corrected chi connectivity index (χ0v) is 10.6. The summed E-state index contributed by atoms with van der Waals surface area (Å²) in [6, 6.07) is 6.03. The fraction of sp³-hybridized carbons (Fsp3) is 0.417. The van der Waals surface area contributed by atoms with Gasteiger partial charge in [0.15, 0.2) is 0 Å². The van der Waals surface area contributed by atoms with Crippen molar-refractivity contribution in [1.82, 2.24) is 0 Å². The minimum Gasteiger partial charge on any atom is -0.303 e. The Balaban J connectivity index is 2.73. The first kappa shape index (κ1) is 12.6. The van der Waals surface area contributed by atoms with E-state index in [1.807, 2.05) is 18.2 Å². The lowest BCUT2D eigenvalue weighted by Gasteiger charge is -2.08. The lowest BCUT2D eigenvalue weighted by molar-refractivity contribution is -0.107. The molecule has 0 N–H and O–H groups in total. The maximum absolute atomic E-state index is 10.2. The summed E-state index contributed by atoms with van der Waals surface area (Å²) in [4.78, 5) is 11.4. The Morgan fingerprint density at radius 3 is 2.73 bits per heavy atom. The molecule has 0 atom stereocenters. The highest BCUT2D eigenvalue weighted by molar-refractivity contribution is 8.00. The van der Waals surface area contributed by atoms with Crippen LogP contribution in [0.2, 0.25) is 5.02 Å². The first-order valence-electron chi connectivity index (χ1n) is 5.02. The van der Waals surface area contributed by atoms with Gasteiger partial charge in [0.25, 0.3) is 0 Å². The molecular weight excluding hydrogens is 228 g/mol. The Morgan fingerprint density at radius 1 is 1.47 bits per heavy atom. The van der Waals surface area contributed by atoms with E-state index in [1.165, 1.54) is 0 Å². The molecule has 0 aliphatic heterocycles. The summed E-state index contributed by atoms with van der Waals surface area (Å²) >= 11 is 7.90. The Bertz CT molecular complexity index is 336. The Hall–Kier alpha value is -0.470. The maximum Gasteiger partial charge on any atom is 0.120 e. The van der Waals surface area contributed by atoms with Gasteiger partial charge in [0, 0.05) is 16.6 Å². The van der Waals surface area contributed by atoms with Crippen LogP contribution in [0.3, 0.4) is 0 Å². The van der Waals surface area contributed by atoms with Crippen molar-refractivity contribution in [3.05, 3.63) is 28.8 Å². The molecule has 1 aromatic rings. The third kappa shape index (κ3) is 4.27. The summed E-state index contributed by atoms with van der Waals surface area (Å²) in [5.41, 5.74) is 1.13. The third-order valence-corrected chi connectivity index (χ3v) is 3.42. The molecule has 0 aliphatic rings. The van der Waals surface area contributed by atoms with Crippen molar-refractivity contribution >= 4 is 29.6 Å². The van der Waals surface area contributed by atoms with E-state index in [2.05, 4.69) is 13.8 Å². The maximum atomic E-state index is 10.2. The van der Waals surface area contributed by atoms with E-state index in [-0.39, 0.29) is 0 Å². The van der Waals surface area contributed by atoms with Gasteiger partial charge in [0.05, 0.1) is 5.02 Å². The second-order valence-corrected chi connectivity index (χ2v) is 5.66. The Labute approximate surface area is 100 Å². The highest BCUT2D eigenvalue weighted by Gasteiger charge is 2.04. The minimum atomic E-state index is 0.531. The number of thioether (sulfide) groups is 1. The van der Waals surface area contributed by atoms with E-state index >= 15 is 0 Å². The van der Waals surface area contributed by atoms with Crippen LogP contribution in [0.4, 0.5) is 0 Å². The molecule has 15 heavy (non-hydrogen) atoms. The second kappa shape index (κ2) is 6.19. The van der Waals surface area contributed by atoms with E-state index in [0.29, 0.717) is 11.7 Å². The Kier molecular flexibility index (Phi) is 5.20. The van der Waals surface area contributed by atoms with Crippen molar-refractivity contribution in [3.63, 3.8) is 0 Å². The zero-order chi connectivity index (χ0) is 11.3. The van der Waals surface area contributed by atoms with Crippen LogP contribution in [0.1, 0.15) is 25.8 Å². The summed E-state index contributed by atoms with van der Waals surface area (Å²) in [6.45, 7) is 4.28. The van der Waals surface area contributed by atoms with Gasteiger partial charge >= 0.3 is 0 Å². The summed E-state index contributed by atoms with van der Waals surface area (Å²) in [7, 11) is 0. The molecule has 1 rings (SSSR count). The largest absolute Gasteiger partial charge is 0.303 e. The molecule has 1 aromatic carbocycles. The first-order chi connectivity index (χ1) is 7.13. The van der Waals surface area contributed by atoms with Gasteiger partial charge in [0.1, 0.15) is 6.29 Å². The third-order valence-electron chi connectivity index (χ3n) is 1.91. The van der Waals surface area contributed by atoms with Crippen molar-refractivity contribution < 1.29 is 4.79 Å². The number of carbonyl (C=O) groups excluding carboxylic acids is 1. The molecule has 0 unspecified atom stereocenters. The molecule has 0 spiro atoms. The summed E-state index contributed by atoms with van der Waals surface area (Å²) < 4.78 is 0. The number of hydrogen-bond acceptors (Lipinski definition) is 2. The summed E-state index contributed by atoms with van der Waals surface area (Å²) in [6.07, 6.45) is 2.27. The normalized spacial score (nSPS) is 10.7. The minimum absolute atomic E-state index is 0.531. The van der Waals surface area contributed by atoms with E-state index in [4.69, 9.17) is 11.6 Å². The summed E-state index contributed by atoms with van der Waals surface area (Å²) in [5, 5.41) is 1.32. The van der Waals surface area contributed by atoms with Crippen LogP contribution < -0.4 is 0 Å². The van der Waals surface area contributed by atoms with Gasteiger partial charge in [-0.2, -0.15) is 0 Å². The Morgan fingerprint density at radius 2 is 2.20 bits per heavy atom. The van der Waals surface area contributed by atoms with Crippen LogP contribution in [-0.4, -0.2) is 11.5 Å². The average molecular weight is 243 g/mol. The second-order valence-electron chi connectivity index (χ2n) is 3.64. The smallest absolute Gasteiger partial charge is 0.120 e. The van der Waals surface area contributed by atoms with Crippen LogP contribution in [-0.2, 0) is 11.2 Å². The van der Waals surface area contributed by atoms with Crippen LogP contribution in [0, 0.1) is 0 Å². The van der Waals surface area contributed by atoms with Gasteiger partial charge in [-0.05, 0) is 24.1 Å². The molecule has 3 heteroatoms. The molecular formula is C12H15ClOS. The van der Waals surface area contributed by atoms with Crippen molar-refractivity contribution in [2.75, 3.05) is 0 Å². The standard InChI is InChI=1S/C12H15ClOS/c1-9(2)15-12-6-5-10(4-3-7-14)8-11(12)13/h5-9H,3-4H2,1-2H3. The fourth-order valence-corrected chi connectivity index (χ4v) is 2.44. The van der Waals surface area contributed by atoms with Crippen molar-refractivity contribution in [3.8, 4) is 0 Å².